The van der Waals surface area contributed by atoms with Gasteiger partial charge in [0.2, 0.25) is 0 Å². The molecule has 0 aliphatic heterocycles. The second kappa shape index (κ2) is 20.9. The highest BCUT2D eigenvalue weighted by atomic mass is 32.1. The molecule has 6 aromatic rings. The van der Waals surface area contributed by atoms with Gasteiger partial charge in [-0.3, -0.25) is 9.59 Å². The van der Waals surface area contributed by atoms with E-state index in [0.29, 0.717) is 46.5 Å². The zero-order valence-corrected chi connectivity index (χ0v) is 36.3. The summed E-state index contributed by atoms with van der Waals surface area (Å²) in [6, 6.07) is 45.1. The standard InChI is InChI=1S/C52H50O8S2/c1-34(59-42-27-29-44(46(53)32-42)49(61)40-23-19-38(20-24-40)36-14-8-6-9-15-36)52(51(57)58,31-13-5-3-4-12-18-48(55)56)35(2)60-43-28-30-45(47(54)33-43)50(62)41-25-21-39(22-26-41)37-16-10-7-11-17-37/h6-11,14-17,19-30,32-35,53-54H,3-5,12-13,18,31H2,1-2H3,(H,55,56)(H,57,58). The topological polar surface area (TPSA) is 134 Å². The molecular weight excluding hydrogens is 817 g/mol. The van der Waals surface area contributed by atoms with Crippen molar-refractivity contribution in [2.75, 3.05) is 0 Å². The summed E-state index contributed by atoms with van der Waals surface area (Å²) < 4.78 is 12.7. The molecule has 0 aliphatic rings. The predicted octanol–water partition coefficient (Wildman–Crippen LogP) is 12.1. The summed E-state index contributed by atoms with van der Waals surface area (Å²) in [7, 11) is 0. The first kappa shape index (κ1) is 45.2. The van der Waals surface area contributed by atoms with Crippen LogP contribution in [0.4, 0.5) is 0 Å². The maximum absolute atomic E-state index is 13.5. The molecule has 8 nitrogen and oxygen atoms in total. The van der Waals surface area contributed by atoms with E-state index < -0.39 is 29.6 Å². The van der Waals surface area contributed by atoms with Gasteiger partial charge in [-0.2, -0.15) is 0 Å². The maximum atomic E-state index is 13.5. The van der Waals surface area contributed by atoms with Crippen LogP contribution >= 0.6 is 24.4 Å². The Hall–Kier alpha value is -6.36. The van der Waals surface area contributed by atoms with Crippen LogP contribution in [-0.2, 0) is 9.59 Å². The van der Waals surface area contributed by atoms with E-state index in [1.807, 2.05) is 109 Å². The van der Waals surface area contributed by atoms with Crippen LogP contribution in [0.5, 0.6) is 23.0 Å². The molecule has 0 aliphatic carbocycles. The van der Waals surface area contributed by atoms with Gasteiger partial charge in [0, 0.05) is 29.7 Å². The van der Waals surface area contributed by atoms with Crippen LogP contribution in [0.1, 0.15) is 81.0 Å². The number of phenolic OH excluding ortho intramolecular Hbond substituents is 2. The molecule has 0 bridgehead atoms. The third kappa shape index (κ3) is 10.9. The number of rotatable bonds is 21. The number of phenols is 2. The normalized spacial score (nSPS) is 13.0. The Bertz CT molecular complexity index is 2330. The number of carboxylic acids is 2. The lowest BCUT2D eigenvalue weighted by Gasteiger charge is -2.40. The quantitative estimate of drug-likeness (QED) is 0.0315. The van der Waals surface area contributed by atoms with E-state index in [0.717, 1.165) is 39.8 Å². The monoisotopic (exact) mass is 866 g/mol. The van der Waals surface area contributed by atoms with Crippen LogP contribution in [0, 0.1) is 5.41 Å². The lowest BCUT2D eigenvalue weighted by atomic mass is 9.73. The highest BCUT2D eigenvalue weighted by Crippen LogP contribution is 2.40. The average molecular weight is 867 g/mol. The maximum Gasteiger partial charge on any atom is 0.317 e. The van der Waals surface area contributed by atoms with E-state index in [2.05, 4.69) is 0 Å². The van der Waals surface area contributed by atoms with Gasteiger partial charge in [0.25, 0.3) is 0 Å². The van der Waals surface area contributed by atoms with Gasteiger partial charge < -0.3 is 29.9 Å². The van der Waals surface area contributed by atoms with Gasteiger partial charge in [0.05, 0.1) is 9.73 Å². The number of benzene rings is 6. The van der Waals surface area contributed by atoms with Crippen molar-refractivity contribution in [1.29, 1.82) is 0 Å². The van der Waals surface area contributed by atoms with E-state index in [1.165, 1.54) is 12.1 Å². The minimum absolute atomic E-state index is 0.0859. The first-order chi connectivity index (χ1) is 29.9. The number of hydrogen-bond acceptors (Lipinski definition) is 8. The molecular formula is C52H50O8S2. The highest BCUT2D eigenvalue weighted by molar-refractivity contribution is 7.81. The first-order valence-corrected chi connectivity index (χ1v) is 21.5. The minimum Gasteiger partial charge on any atom is -0.507 e. The molecule has 62 heavy (non-hydrogen) atoms. The van der Waals surface area contributed by atoms with Gasteiger partial charge in [0.15, 0.2) is 0 Å². The van der Waals surface area contributed by atoms with Gasteiger partial charge >= 0.3 is 11.9 Å². The number of carboxylic acid groups (broad SMARTS) is 2. The van der Waals surface area contributed by atoms with Crippen molar-refractivity contribution in [2.24, 2.45) is 5.41 Å². The van der Waals surface area contributed by atoms with Gasteiger partial charge in [0.1, 0.15) is 40.6 Å². The Balaban J connectivity index is 1.19. The fraction of sp³-hybridized carbons (Fsp3) is 0.231. The summed E-state index contributed by atoms with van der Waals surface area (Å²) in [6.07, 6.45) is 1.49. The summed E-state index contributed by atoms with van der Waals surface area (Å²) in [5.74, 6) is -1.70. The van der Waals surface area contributed by atoms with Crippen LogP contribution in [0.3, 0.4) is 0 Å². The second-order valence-electron chi connectivity index (χ2n) is 15.4. The van der Waals surface area contributed by atoms with Gasteiger partial charge in [-0.1, -0.05) is 159 Å². The van der Waals surface area contributed by atoms with Crippen LogP contribution in [0.15, 0.2) is 146 Å². The lowest BCUT2D eigenvalue weighted by Crippen LogP contribution is -2.53. The average Bonchev–Trinajstić information content (AvgIpc) is 3.27. The van der Waals surface area contributed by atoms with Crippen LogP contribution in [0.25, 0.3) is 22.3 Å². The molecule has 0 saturated carbocycles. The van der Waals surface area contributed by atoms with Crippen molar-refractivity contribution in [3.05, 3.63) is 168 Å². The van der Waals surface area contributed by atoms with Crippen molar-refractivity contribution in [3.8, 4) is 45.3 Å². The van der Waals surface area contributed by atoms with Crippen molar-refractivity contribution in [3.63, 3.8) is 0 Å². The third-order valence-electron chi connectivity index (χ3n) is 11.4. The Labute approximate surface area is 373 Å². The Morgan fingerprint density at radius 3 is 1.31 bits per heavy atom. The molecule has 6 rings (SSSR count). The number of unbranched alkanes of at least 4 members (excludes halogenated alkanes) is 4. The van der Waals surface area contributed by atoms with E-state index in [-0.39, 0.29) is 35.8 Å². The van der Waals surface area contributed by atoms with Crippen LogP contribution < -0.4 is 9.47 Å². The number of aromatic hydroxyl groups is 2. The van der Waals surface area contributed by atoms with Gasteiger partial charge in [-0.05, 0) is 84.3 Å². The summed E-state index contributed by atoms with van der Waals surface area (Å²) in [5, 5.41) is 42.5. The third-order valence-corrected chi connectivity index (χ3v) is 12.3. The first-order valence-electron chi connectivity index (χ1n) is 20.7. The van der Waals surface area contributed by atoms with E-state index in [1.54, 1.807) is 38.1 Å². The molecule has 2 unspecified atom stereocenters. The number of hydrogen-bond donors (Lipinski definition) is 4. The molecule has 318 valence electrons. The molecule has 0 radical (unpaired) electrons. The molecule has 2 atom stereocenters. The number of carbonyl (C=O) groups is 2. The summed E-state index contributed by atoms with van der Waals surface area (Å²) >= 11 is 11.6. The van der Waals surface area contributed by atoms with Crippen molar-refractivity contribution in [1.82, 2.24) is 0 Å². The highest BCUT2D eigenvalue weighted by Gasteiger charge is 2.51. The number of thiocarbonyl (C=S) groups is 2. The number of ether oxygens (including phenoxy) is 2. The van der Waals surface area contributed by atoms with Crippen LogP contribution in [-0.4, -0.2) is 54.3 Å². The van der Waals surface area contributed by atoms with Crippen molar-refractivity contribution < 1.29 is 39.5 Å². The molecule has 0 amide bonds. The second-order valence-corrected chi connectivity index (χ2v) is 16.2. The fourth-order valence-electron chi connectivity index (χ4n) is 7.79. The van der Waals surface area contributed by atoms with E-state index in [9.17, 15) is 24.9 Å². The van der Waals surface area contributed by atoms with E-state index in [4.69, 9.17) is 39.0 Å². The van der Waals surface area contributed by atoms with E-state index >= 15 is 0 Å². The summed E-state index contributed by atoms with van der Waals surface area (Å²) in [4.78, 5) is 25.4. The Morgan fingerprint density at radius 2 is 0.919 bits per heavy atom. The number of aliphatic carboxylic acids is 2. The summed E-state index contributed by atoms with van der Waals surface area (Å²) in [6.45, 7) is 3.35. The summed E-state index contributed by atoms with van der Waals surface area (Å²) in [5.41, 5.74) is 5.01. The largest absolute Gasteiger partial charge is 0.507 e. The molecule has 10 heteroatoms. The molecule has 0 saturated heterocycles. The predicted molar refractivity (Wildman–Crippen MR) is 252 cm³/mol. The van der Waals surface area contributed by atoms with Gasteiger partial charge in [-0.25, -0.2) is 0 Å². The minimum atomic E-state index is -1.60. The van der Waals surface area contributed by atoms with Crippen LogP contribution in [0.2, 0.25) is 0 Å². The smallest absolute Gasteiger partial charge is 0.317 e. The SMILES string of the molecule is CC(Oc1ccc(C(=S)c2ccc(-c3ccccc3)cc2)c(O)c1)C(CCCCCCCC(=O)O)(C(=O)O)C(C)Oc1ccc(C(=S)c2ccc(-c3ccccc3)cc2)c(O)c1. The zero-order chi connectivity index (χ0) is 44.2. The van der Waals surface area contributed by atoms with Crippen molar-refractivity contribution in [2.45, 2.75) is 71.0 Å². The fourth-order valence-corrected chi connectivity index (χ4v) is 8.41. The molecule has 0 heterocycles. The molecule has 0 spiro atoms. The Kier molecular flexibility index (Phi) is 15.3. The van der Waals surface area contributed by atoms with Gasteiger partial charge in [-0.15, -0.1) is 0 Å². The lowest BCUT2D eigenvalue weighted by molar-refractivity contribution is -0.164. The molecule has 4 N–H and O–H groups in total. The van der Waals surface area contributed by atoms with Crippen molar-refractivity contribution >= 4 is 46.1 Å². The molecule has 6 aromatic carbocycles. The zero-order valence-electron chi connectivity index (χ0n) is 34.7. The molecule has 0 aromatic heterocycles. The Morgan fingerprint density at radius 1 is 0.532 bits per heavy atom. The molecule has 0 fully saturated rings.